The lowest BCUT2D eigenvalue weighted by Crippen LogP contribution is -2.07. The minimum absolute atomic E-state index is 0.527. The molecule has 3 rings (SSSR count). The zero-order valence-electron chi connectivity index (χ0n) is 7.93. The fourth-order valence-electron chi connectivity index (χ4n) is 2.52. The first kappa shape index (κ1) is 7.80. The number of rotatable bonds is 0. The Bertz CT molecular complexity index is 469. The van der Waals surface area contributed by atoms with Gasteiger partial charge < -0.3 is 5.73 Å². The Hall–Kier alpha value is -1.57. The summed E-state index contributed by atoms with van der Waals surface area (Å²) in [4.78, 5) is 0. The number of benzene rings is 1. The lowest BCUT2D eigenvalue weighted by molar-refractivity contribution is 0.822. The minimum atomic E-state index is 0.527. The van der Waals surface area contributed by atoms with Crippen molar-refractivity contribution < 1.29 is 0 Å². The van der Waals surface area contributed by atoms with E-state index in [2.05, 4.69) is 6.07 Å². The Labute approximate surface area is 82.9 Å². The molecule has 0 aliphatic heterocycles. The van der Waals surface area contributed by atoms with Crippen molar-refractivity contribution in [3.05, 3.63) is 40.6 Å². The third-order valence-corrected chi connectivity index (χ3v) is 3.19. The lowest BCUT2D eigenvalue weighted by Gasteiger charge is -2.16. The molecule has 0 heterocycles. The predicted octanol–water partition coefficient (Wildman–Crippen LogP) is 2.07. The van der Waals surface area contributed by atoms with Crippen LogP contribution in [0.2, 0.25) is 0 Å². The first-order valence-electron chi connectivity index (χ1n) is 4.99. The number of hydrogen-bond acceptors (Lipinski definition) is 2. The molecule has 0 spiro atoms. The number of hydrogen-bond donors (Lipinski definition) is 2. The van der Waals surface area contributed by atoms with Crippen LogP contribution in [0.1, 0.15) is 29.5 Å². The second-order valence-electron chi connectivity index (χ2n) is 3.96. The van der Waals surface area contributed by atoms with Crippen molar-refractivity contribution in [3.63, 3.8) is 0 Å². The van der Waals surface area contributed by atoms with Crippen LogP contribution in [0.4, 0.5) is 0 Å². The van der Waals surface area contributed by atoms with Crippen molar-refractivity contribution in [2.45, 2.75) is 19.3 Å². The molecular weight excluding hydrogens is 172 g/mol. The van der Waals surface area contributed by atoms with Gasteiger partial charge >= 0.3 is 0 Å². The first-order valence-corrected chi connectivity index (χ1v) is 4.99. The number of aryl methyl sites for hydroxylation is 1. The van der Waals surface area contributed by atoms with E-state index >= 15 is 0 Å². The molecule has 0 saturated heterocycles. The molecule has 0 saturated carbocycles. The maximum absolute atomic E-state index is 7.91. The van der Waals surface area contributed by atoms with Crippen LogP contribution in [0.25, 0.3) is 5.57 Å². The highest BCUT2D eigenvalue weighted by molar-refractivity contribution is 6.21. The zero-order chi connectivity index (χ0) is 9.71. The summed E-state index contributed by atoms with van der Waals surface area (Å²) in [6.07, 6.45) is 3.34. The van der Waals surface area contributed by atoms with Crippen LogP contribution in [0.5, 0.6) is 0 Å². The molecule has 1 aromatic rings. The van der Waals surface area contributed by atoms with E-state index in [4.69, 9.17) is 11.1 Å². The monoisotopic (exact) mass is 184 g/mol. The maximum atomic E-state index is 7.91. The fourth-order valence-corrected chi connectivity index (χ4v) is 2.52. The van der Waals surface area contributed by atoms with Crippen LogP contribution in [-0.2, 0) is 6.42 Å². The van der Waals surface area contributed by atoms with Gasteiger partial charge in [0.2, 0.25) is 0 Å². The Morgan fingerprint density at radius 2 is 2.07 bits per heavy atom. The zero-order valence-corrected chi connectivity index (χ0v) is 7.93. The van der Waals surface area contributed by atoms with Crippen LogP contribution >= 0.6 is 0 Å². The molecule has 2 aliphatic rings. The van der Waals surface area contributed by atoms with E-state index in [9.17, 15) is 0 Å². The van der Waals surface area contributed by atoms with Crippen molar-refractivity contribution in [1.82, 2.24) is 0 Å². The second kappa shape index (κ2) is 2.47. The third kappa shape index (κ3) is 0.782. The van der Waals surface area contributed by atoms with Crippen molar-refractivity contribution in [3.8, 4) is 0 Å². The summed E-state index contributed by atoms with van der Waals surface area (Å²) in [6, 6.07) is 6.19. The highest BCUT2D eigenvalue weighted by Gasteiger charge is 2.28. The molecule has 0 bridgehead atoms. The summed E-state index contributed by atoms with van der Waals surface area (Å²) in [5, 5.41) is 7.91. The van der Waals surface area contributed by atoms with E-state index in [1.165, 1.54) is 23.1 Å². The smallest absolute Gasteiger partial charge is 0.0850 e. The topological polar surface area (TPSA) is 49.9 Å². The van der Waals surface area contributed by atoms with Crippen LogP contribution in [0, 0.1) is 5.41 Å². The van der Waals surface area contributed by atoms with Gasteiger partial charge in [-0.1, -0.05) is 18.2 Å². The highest BCUT2D eigenvalue weighted by Crippen LogP contribution is 2.39. The van der Waals surface area contributed by atoms with Crippen molar-refractivity contribution >= 4 is 11.3 Å². The van der Waals surface area contributed by atoms with Crippen LogP contribution in [0.3, 0.4) is 0 Å². The molecule has 0 unspecified atom stereocenters. The molecule has 3 N–H and O–H groups in total. The Morgan fingerprint density at radius 1 is 1.21 bits per heavy atom. The molecule has 70 valence electrons. The van der Waals surface area contributed by atoms with Gasteiger partial charge in [0, 0.05) is 5.56 Å². The normalized spacial score (nSPS) is 18.7. The molecule has 0 amide bonds. The van der Waals surface area contributed by atoms with Gasteiger partial charge in [-0.05, 0) is 36.0 Å². The molecule has 2 heteroatoms. The molecule has 14 heavy (non-hydrogen) atoms. The molecule has 0 fully saturated rings. The Kier molecular flexibility index (Phi) is 1.38. The largest absolute Gasteiger partial charge is 0.397 e. The van der Waals surface area contributed by atoms with E-state index in [0.717, 1.165) is 18.4 Å². The van der Waals surface area contributed by atoms with Crippen LogP contribution in [0.15, 0.2) is 23.9 Å². The van der Waals surface area contributed by atoms with Gasteiger partial charge in [0.05, 0.1) is 11.4 Å². The third-order valence-electron chi connectivity index (χ3n) is 3.19. The molecule has 2 aliphatic carbocycles. The van der Waals surface area contributed by atoms with Gasteiger partial charge in [-0.25, -0.2) is 0 Å². The first-order chi connectivity index (χ1) is 6.79. The summed E-state index contributed by atoms with van der Waals surface area (Å²) in [5.74, 6) is 0. The Balaban J connectivity index is 2.38. The maximum Gasteiger partial charge on any atom is 0.0850 e. The van der Waals surface area contributed by atoms with Gasteiger partial charge in [0.15, 0.2) is 0 Å². The van der Waals surface area contributed by atoms with E-state index in [1.54, 1.807) is 0 Å². The summed E-state index contributed by atoms with van der Waals surface area (Å²) >= 11 is 0. The Morgan fingerprint density at radius 3 is 2.93 bits per heavy atom. The van der Waals surface area contributed by atoms with Crippen molar-refractivity contribution in [2.75, 3.05) is 0 Å². The van der Waals surface area contributed by atoms with E-state index in [-0.39, 0.29) is 0 Å². The average molecular weight is 184 g/mol. The standard InChI is InChI=1S/C12H12N2/c13-11-8-5-1-3-7-4-2-6-9(10(7)8)12(11)14/h1,3,5H,2,4,6H2,(H3,13,14). The van der Waals surface area contributed by atoms with E-state index in [0.29, 0.717) is 11.4 Å². The SMILES string of the molecule is N=C1C(N)=C2CCCc3cccc1c32. The molecule has 0 aromatic heterocycles. The van der Waals surface area contributed by atoms with Gasteiger partial charge in [0.1, 0.15) is 0 Å². The summed E-state index contributed by atoms with van der Waals surface area (Å²) in [7, 11) is 0. The molecule has 0 radical (unpaired) electrons. The van der Waals surface area contributed by atoms with Crippen LogP contribution in [-0.4, -0.2) is 5.71 Å². The summed E-state index contributed by atoms with van der Waals surface area (Å²) in [6.45, 7) is 0. The number of nitrogens with two attached hydrogens (primary N) is 1. The van der Waals surface area contributed by atoms with Crippen LogP contribution < -0.4 is 5.73 Å². The van der Waals surface area contributed by atoms with Gasteiger partial charge in [-0.3, -0.25) is 5.41 Å². The second-order valence-corrected chi connectivity index (χ2v) is 3.96. The van der Waals surface area contributed by atoms with E-state index < -0.39 is 0 Å². The molecule has 1 aromatic carbocycles. The summed E-state index contributed by atoms with van der Waals surface area (Å²) < 4.78 is 0. The highest BCUT2D eigenvalue weighted by atomic mass is 14.7. The quantitative estimate of drug-likeness (QED) is 0.637. The van der Waals surface area contributed by atoms with Gasteiger partial charge in [-0.2, -0.15) is 0 Å². The average Bonchev–Trinajstić information content (AvgIpc) is 2.47. The predicted molar refractivity (Wildman–Crippen MR) is 57.3 cm³/mol. The minimum Gasteiger partial charge on any atom is -0.397 e. The number of nitrogens with one attached hydrogen (secondary N) is 1. The molecule has 2 nitrogen and oxygen atoms in total. The molecule has 0 atom stereocenters. The fraction of sp³-hybridized carbons (Fsp3) is 0.250. The summed E-state index contributed by atoms with van der Waals surface area (Å²) in [5.41, 5.74) is 12.1. The number of allylic oxidation sites excluding steroid dienone is 2. The van der Waals surface area contributed by atoms with Crippen molar-refractivity contribution in [2.24, 2.45) is 5.73 Å². The van der Waals surface area contributed by atoms with Crippen molar-refractivity contribution in [1.29, 1.82) is 5.41 Å². The van der Waals surface area contributed by atoms with E-state index in [1.807, 2.05) is 12.1 Å². The molecular formula is C12H12N2. The van der Waals surface area contributed by atoms with Gasteiger partial charge in [0.25, 0.3) is 0 Å². The lowest BCUT2D eigenvalue weighted by atomic mass is 9.88. The van der Waals surface area contributed by atoms with Gasteiger partial charge in [-0.15, -0.1) is 0 Å².